The van der Waals surface area contributed by atoms with Gasteiger partial charge in [-0.05, 0) is 48.1 Å². The Bertz CT molecular complexity index is 2070. The van der Waals surface area contributed by atoms with Gasteiger partial charge in [-0.1, -0.05) is 43.3 Å². The number of nitrogens with zero attached hydrogens (tertiary/aromatic N) is 4. The van der Waals surface area contributed by atoms with E-state index in [1.807, 2.05) is 46.2 Å². The fourth-order valence-corrected chi connectivity index (χ4v) is 7.57. The van der Waals surface area contributed by atoms with Crippen molar-refractivity contribution in [3.63, 3.8) is 0 Å². The number of rotatable bonds is 22. The molecular weight excluding hydrogens is 845 g/mol. The lowest BCUT2D eigenvalue weighted by molar-refractivity contribution is -0.133. The predicted octanol–water partition coefficient (Wildman–Crippen LogP) is 1.71. The van der Waals surface area contributed by atoms with E-state index in [-0.39, 0.29) is 50.2 Å². The minimum atomic E-state index is -1.19. The van der Waals surface area contributed by atoms with Crippen molar-refractivity contribution in [2.75, 3.05) is 65.5 Å². The molecule has 3 aromatic carbocycles. The van der Waals surface area contributed by atoms with Crippen LogP contribution in [0.1, 0.15) is 67.3 Å². The van der Waals surface area contributed by atoms with Gasteiger partial charge in [0.05, 0.1) is 6.61 Å². The van der Waals surface area contributed by atoms with Crippen LogP contribution in [0.4, 0.5) is 13.6 Å². The highest BCUT2D eigenvalue weighted by Crippen LogP contribution is 2.33. The van der Waals surface area contributed by atoms with Crippen molar-refractivity contribution in [3.05, 3.63) is 94.6 Å². The molecule has 0 unspecified atom stereocenters. The third-order valence-electron chi connectivity index (χ3n) is 11.1. The van der Waals surface area contributed by atoms with Crippen molar-refractivity contribution in [1.82, 2.24) is 41.3 Å². The zero-order valence-electron chi connectivity index (χ0n) is 36.8. The van der Waals surface area contributed by atoms with Crippen molar-refractivity contribution < 1.29 is 42.6 Å². The molecule has 0 aromatic heterocycles. The maximum atomic E-state index is 14.6. The first kappa shape index (κ1) is 49.6. The largest absolute Gasteiger partial charge is 0.508 e. The molecule has 1 saturated heterocycles. The zero-order valence-corrected chi connectivity index (χ0v) is 36.8. The van der Waals surface area contributed by atoms with E-state index in [1.165, 1.54) is 0 Å². The summed E-state index contributed by atoms with van der Waals surface area (Å²) in [5.41, 5.74) is 13.7. The van der Waals surface area contributed by atoms with E-state index in [0.29, 0.717) is 63.5 Å². The number of urea groups is 1. The Morgan fingerprint density at radius 2 is 1.54 bits per heavy atom. The number of hydrogen-bond acceptors (Lipinski definition) is 11. The van der Waals surface area contributed by atoms with Gasteiger partial charge in [0.2, 0.25) is 23.6 Å². The number of phenolic OH excluding ortho intramolecular Hbond substituents is 1. The van der Waals surface area contributed by atoms with Crippen LogP contribution in [0.2, 0.25) is 0 Å². The zero-order chi connectivity index (χ0) is 46.7. The van der Waals surface area contributed by atoms with Crippen molar-refractivity contribution in [2.24, 2.45) is 16.5 Å². The summed E-state index contributed by atoms with van der Waals surface area (Å²) in [6.45, 7) is 7.05. The van der Waals surface area contributed by atoms with Crippen molar-refractivity contribution in [3.8, 4) is 11.5 Å². The van der Waals surface area contributed by atoms with Gasteiger partial charge in [-0.3, -0.25) is 39.3 Å². The van der Waals surface area contributed by atoms with Crippen LogP contribution in [-0.4, -0.2) is 127 Å². The van der Waals surface area contributed by atoms with Crippen molar-refractivity contribution in [2.45, 2.75) is 70.7 Å². The molecule has 20 heteroatoms. The van der Waals surface area contributed by atoms with E-state index in [0.717, 1.165) is 49.3 Å². The van der Waals surface area contributed by atoms with Crippen LogP contribution in [0.15, 0.2) is 65.7 Å². The molecule has 2 aliphatic heterocycles. The molecule has 0 saturated carbocycles. The number of amides is 6. The Kier molecular flexibility index (Phi) is 19.2. The monoisotopic (exact) mass is 905 g/mol. The molecule has 2 heterocycles. The van der Waals surface area contributed by atoms with E-state index in [2.05, 4.69) is 36.5 Å². The van der Waals surface area contributed by atoms with Gasteiger partial charge < -0.3 is 47.5 Å². The molecule has 65 heavy (non-hydrogen) atoms. The number of carbonyl (C=O) groups excluding carboxylic acids is 5. The summed E-state index contributed by atoms with van der Waals surface area (Å²) < 4.78 is 35.3. The lowest BCUT2D eigenvalue weighted by Gasteiger charge is -2.34. The first-order valence-electron chi connectivity index (χ1n) is 21.9. The summed E-state index contributed by atoms with van der Waals surface area (Å²) in [7, 11) is 0. The fraction of sp³-hybridized carbons (Fsp3) is 0.467. The number of benzene rings is 3. The van der Waals surface area contributed by atoms with Gasteiger partial charge >= 0.3 is 6.03 Å². The third-order valence-corrected chi connectivity index (χ3v) is 11.1. The number of hydrogen-bond donors (Lipinski definition) is 8. The van der Waals surface area contributed by atoms with Crippen LogP contribution in [0, 0.1) is 11.6 Å². The second-order valence-electron chi connectivity index (χ2n) is 15.8. The summed E-state index contributed by atoms with van der Waals surface area (Å²) in [6.07, 6.45) is 1.67. The summed E-state index contributed by atoms with van der Waals surface area (Å²) in [5, 5.41) is 22.6. The van der Waals surface area contributed by atoms with Gasteiger partial charge in [0, 0.05) is 109 Å². The number of ether oxygens (including phenoxy) is 1. The minimum absolute atomic E-state index is 0.0278. The number of fused-ring (bicyclic) bond motifs is 1. The van der Waals surface area contributed by atoms with Gasteiger partial charge in [-0.25, -0.2) is 13.6 Å². The number of nitrogens with two attached hydrogens (primary N) is 2. The van der Waals surface area contributed by atoms with Crippen LogP contribution < -0.4 is 42.8 Å². The highest BCUT2D eigenvalue weighted by atomic mass is 19.1. The molecule has 0 spiro atoms. The molecule has 0 bridgehead atoms. The molecule has 0 radical (unpaired) electrons. The highest BCUT2D eigenvalue weighted by molar-refractivity contribution is 5.95. The Morgan fingerprint density at radius 3 is 2.18 bits per heavy atom. The highest BCUT2D eigenvalue weighted by Gasteiger charge is 2.34. The quantitative estimate of drug-likeness (QED) is 0.0410. The maximum Gasteiger partial charge on any atom is 0.321 e. The summed E-state index contributed by atoms with van der Waals surface area (Å²) in [4.78, 5) is 74.4. The number of phenols is 1. The fourth-order valence-electron chi connectivity index (χ4n) is 7.57. The number of carbonyl (C=O) groups is 5. The molecular formula is C45H61F2N11O7. The van der Waals surface area contributed by atoms with Gasteiger partial charge in [0.1, 0.15) is 35.2 Å². The Labute approximate surface area is 377 Å². The summed E-state index contributed by atoms with van der Waals surface area (Å²) in [5.74, 6) is -3.57. The van der Waals surface area contributed by atoms with Crippen LogP contribution in [0.5, 0.6) is 11.5 Å². The Hall–Kier alpha value is -6.38. The topological polar surface area (TPSA) is 249 Å². The van der Waals surface area contributed by atoms with Crippen molar-refractivity contribution >= 4 is 35.6 Å². The number of guanidine groups is 1. The summed E-state index contributed by atoms with van der Waals surface area (Å²) in [6, 6.07) is 13.9. The number of aliphatic imine (C=N–C) groups is 1. The van der Waals surface area contributed by atoms with Gasteiger partial charge in [-0.15, -0.1) is 0 Å². The van der Waals surface area contributed by atoms with E-state index >= 15 is 0 Å². The van der Waals surface area contributed by atoms with E-state index in [1.54, 1.807) is 19.1 Å². The van der Waals surface area contributed by atoms with Gasteiger partial charge in [0.25, 0.3) is 0 Å². The number of halogens is 2. The first-order valence-corrected chi connectivity index (χ1v) is 21.9. The van der Waals surface area contributed by atoms with Crippen LogP contribution in [0.3, 0.4) is 0 Å². The molecule has 18 nitrogen and oxygen atoms in total. The van der Waals surface area contributed by atoms with Crippen molar-refractivity contribution in [1.29, 1.82) is 0 Å². The van der Waals surface area contributed by atoms with E-state index in [9.17, 15) is 37.9 Å². The second kappa shape index (κ2) is 25.2. The van der Waals surface area contributed by atoms with Crippen LogP contribution in [0.25, 0.3) is 0 Å². The molecule has 5 rings (SSSR count). The van der Waals surface area contributed by atoms with Crippen LogP contribution >= 0.6 is 0 Å². The second-order valence-corrected chi connectivity index (χ2v) is 15.8. The number of nitrogens with one attached hydrogen (secondary N) is 5. The average molecular weight is 906 g/mol. The Balaban J connectivity index is 1.24. The molecule has 10 N–H and O–H groups in total. The average Bonchev–Trinajstić information content (AvgIpc) is 3.71. The molecule has 0 aliphatic carbocycles. The SMILES string of the molecule is CCC(=O)NCCNC(=O)NC(N)=NCCC[C@@H](NC(=O)[C@H](c1ccc(OCCCN2CCN(C(=O)CCN)CC2)cc1)N1Cc2ccccc2C1)C(=O)NCc1c(F)cc(O)cc1F. The minimum Gasteiger partial charge on any atom is -0.508 e. The lowest BCUT2D eigenvalue weighted by Crippen LogP contribution is -2.50. The molecule has 3 aromatic rings. The van der Waals surface area contributed by atoms with Gasteiger partial charge in [0.15, 0.2) is 5.96 Å². The summed E-state index contributed by atoms with van der Waals surface area (Å²) >= 11 is 0. The van der Waals surface area contributed by atoms with E-state index in [4.69, 9.17) is 16.2 Å². The number of piperazine rings is 1. The first-order chi connectivity index (χ1) is 31.3. The maximum absolute atomic E-state index is 14.6. The van der Waals surface area contributed by atoms with E-state index < -0.39 is 59.4 Å². The molecule has 2 aliphatic rings. The van der Waals surface area contributed by atoms with Gasteiger partial charge in [-0.2, -0.15) is 0 Å². The standard InChI is InChI=1S/C45H61F2N11O7/c1-2-39(60)50-17-18-52-45(64)55-44(49)51-16-5-9-38(42(62)53-27-35-36(46)25-33(59)26-37(35)47)54-43(63)41(58-28-31-7-3-4-8-32(31)29-58)30-10-12-34(13-11-30)65-24-6-19-56-20-22-57(23-21-56)40(61)14-15-48/h3-4,7-8,10-13,25-26,38,41,59H,2,5-6,9,14-24,27-29,48H2,1H3,(H,50,60)(H,53,62)(H,54,63)(H4,49,51,52,55,64)/t38-,41+/m1/s1. The molecule has 6 amide bonds. The number of aromatic hydroxyl groups is 1. The molecule has 2 atom stereocenters. The molecule has 1 fully saturated rings. The third kappa shape index (κ3) is 15.4. The molecule has 352 valence electrons. The van der Waals surface area contributed by atoms with Crippen LogP contribution in [-0.2, 0) is 38.8 Å². The smallest absolute Gasteiger partial charge is 0.321 e. The normalized spacial score (nSPS) is 15.1. The Morgan fingerprint density at radius 1 is 0.877 bits per heavy atom. The lowest BCUT2D eigenvalue weighted by atomic mass is 10.0. The predicted molar refractivity (Wildman–Crippen MR) is 239 cm³/mol.